The van der Waals surface area contributed by atoms with Gasteiger partial charge in [0.1, 0.15) is 5.69 Å². The van der Waals surface area contributed by atoms with Gasteiger partial charge in [-0.2, -0.15) is 5.10 Å². The Morgan fingerprint density at radius 1 is 1.18 bits per heavy atom. The summed E-state index contributed by atoms with van der Waals surface area (Å²) in [5.41, 5.74) is 3.66. The van der Waals surface area contributed by atoms with E-state index in [2.05, 4.69) is 39.1 Å². The van der Waals surface area contributed by atoms with Crippen molar-refractivity contribution < 1.29 is 9.53 Å². The van der Waals surface area contributed by atoms with Crippen LogP contribution in [0.25, 0.3) is 11.3 Å². The van der Waals surface area contributed by atoms with Crippen LogP contribution in [0.3, 0.4) is 0 Å². The number of H-pyrrole nitrogens is 1. The van der Waals surface area contributed by atoms with E-state index >= 15 is 0 Å². The highest BCUT2D eigenvalue weighted by Crippen LogP contribution is 2.24. The molecular weight excluding hydrogens is 352 g/mol. The maximum atomic E-state index is 13.2. The highest BCUT2D eigenvalue weighted by molar-refractivity contribution is 5.93. The average molecular weight is 383 g/mol. The first-order valence-electron chi connectivity index (χ1n) is 10.4. The molecule has 0 radical (unpaired) electrons. The molecule has 1 aromatic carbocycles. The highest BCUT2D eigenvalue weighted by atomic mass is 16.5. The van der Waals surface area contributed by atoms with Gasteiger partial charge in [0.25, 0.3) is 5.91 Å². The minimum absolute atomic E-state index is 0.0811. The lowest BCUT2D eigenvalue weighted by Gasteiger charge is -2.37. The van der Waals surface area contributed by atoms with Crippen molar-refractivity contribution >= 4 is 5.91 Å². The Bertz CT molecular complexity index is 780. The fourth-order valence-electron chi connectivity index (χ4n) is 4.18. The van der Waals surface area contributed by atoms with E-state index in [1.165, 1.54) is 12.0 Å². The van der Waals surface area contributed by atoms with Crippen LogP contribution >= 0.6 is 0 Å². The smallest absolute Gasteiger partial charge is 0.272 e. The number of benzene rings is 1. The molecule has 6 heteroatoms. The molecule has 2 aliphatic heterocycles. The van der Waals surface area contributed by atoms with E-state index in [4.69, 9.17) is 4.74 Å². The summed E-state index contributed by atoms with van der Waals surface area (Å²) in [5.74, 6) is 0.0811. The fraction of sp³-hybridized carbons (Fsp3) is 0.545. The third-order valence-electron chi connectivity index (χ3n) is 5.93. The number of piperidine rings is 1. The predicted octanol–water partition coefficient (Wildman–Crippen LogP) is 3.10. The van der Waals surface area contributed by atoms with Crippen LogP contribution in [-0.4, -0.2) is 71.3 Å². The van der Waals surface area contributed by atoms with Gasteiger partial charge in [0, 0.05) is 37.8 Å². The zero-order chi connectivity index (χ0) is 19.3. The third kappa shape index (κ3) is 4.45. The van der Waals surface area contributed by atoms with Crippen LogP contribution in [0, 0.1) is 6.92 Å². The normalized spacial score (nSPS) is 21.0. The van der Waals surface area contributed by atoms with Crippen molar-refractivity contribution in [2.24, 2.45) is 0 Å². The van der Waals surface area contributed by atoms with Gasteiger partial charge in [-0.1, -0.05) is 29.8 Å². The summed E-state index contributed by atoms with van der Waals surface area (Å²) in [4.78, 5) is 17.7. The monoisotopic (exact) mass is 382 g/mol. The molecule has 150 valence electrons. The van der Waals surface area contributed by atoms with Gasteiger partial charge in [-0.25, -0.2) is 0 Å². The van der Waals surface area contributed by atoms with Gasteiger partial charge in [0.05, 0.1) is 18.9 Å². The number of aromatic amines is 1. The number of morpholine rings is 1. The molecule has 2 fully saturated rings. The number of nitrogens with zero attached hydrogens (tertiary/aromatic N) is 3. The van der Waals surface area contributed by atoms with Crippen LogP contribution in [-0.2, 0) is 4.74 Å². The lowest BCUT2D eigenvalue weighted by molar-refractivity contribution is 0.0295. The van der Waals surface area contributed by atoms with Gasteiger partial charge >= 0.3 is 0 Å². The number of carbonyl (C=O) groups excluding carboxylic acids is 1. The van der Waals surface area contributed by atoms with Gasteiger partial charge in [-0.15, -0.1) is 0 Å². The number of likely N-dealkylation sites (tertiary alicyclic amines) is 1. The number of amides is 1. The molecule has 28 heavy (non-hydrogen) atoms. The van der Waals surface area contributed by atoms with Crippen LogP contribution in [0.1, 0.15) is 41.7 Å². The van der Waals surface area contributed by atoms with Crippen LogP contribution in [0.15, 0.2) is 30.3 Å². The van der Waals surface area contributed by atoms with E-state index in [9.17, 15) is 4.79 Å². The molecule has 0 bridgehead atoms. The number of rotatable bonds is 5. The Morgan fingerprint density at radius 3 is 2.75 bits per heavy atom. The summed E-state index contributed by atoms with van der Waals surface area (Å²) in [7, 11) is 0. The molecule has 0 aliphatic carbocycles. The molecule has 1 N–H and O–H groups in total. The van der Waals surface area contributed by atoms with E-state index in [-0.39, 0.29) is 5.91 Å². The highest BCUT2D eigenvalue weighted by Gasteiger charge is 2.29. The van der Waals surface area contributed by atoms with E-state index in [1.807, 2.05) is 18.2 Å². The number of aryl methyl sites for hydroxylation is 1. The zero-order valence-corrected chi connectivity index (χ0v) is 16.7. The number of aromatic nitrogens is 2. The van der Waals surface area contributed by atoms with Crippen molar-refractivity contribution in [1.82, 2.24) is 20.0 Å². The first kappa shape index (κ1) is 19.2. The summed E-state index contributed by atoms with van der Waals surface area (Å²) in [5, 5.41) is 7.36. The molecule has 1 amide bonds. The van der Waals surface area contributed by atoms with Crippen LogP contribution in [0.5, 0.6) is 0 Å². The van der Waals surface area contributed by atoms with Crippen LogP contribution in [0.2, 0.25) is 0 Å². The Hall–Kier alpha value is -2.18. The first-order valence-corrected chi connectivity index (χ1v) is 10.4. The Labute approximate surface area is 166 Å². The average Bonchev–Trinajstić information content (AvgIpc) is 3.23. The van der Waals surface area contributed by atoms with Gasteiger partial charge in [0.2, 0.25) is 0 Å². The summed E-state index contributed by atoms with van der Waals surface area (Å²) in [6, 6.07) is 10.4. The maximum Gasteiger partial charge on any atom is 0.272 e. The molecule has 0 unspecified atom stereocenters. The zero-order valence-electron chi connectivity index (χ0n) is 16.7. The Balaban J connectivity index is 1.42. The van der Waals surface area contributed by atoms with E-state index in [0.717, 1.165) is 69.9 Å². The molecule has 2 aromatic rings. The summed E-state index contributed by atoms with van der Waals surface area (Å²) < 4.78 is 5.44. The lowest BCUT2D eigenvalue weighted by atomic mass is 9.98. The molecule has 1 aromatic heterocycles. The fourth-order valence-corrected chi connectivity index (χ4v) is 4.18. The topological polar surface area (TPSA) is 61.5 Å². The second-order valence-corrected chi connectivity index (χ2v) is 7.92. The molecule has 0 spiro atoms. The molecule has 6 nitrogen and oxygen atoms in total. The second-order valence-electron chi connectivity index (χ2n) is 7.92. The molecular formula is C22H30N4O2. The van der Waals surface area contributed by atoms with E-state index < -0.39 is 0 Å². The largest absolute Gasteiger partial charge is 0.379 e. The van der Waals surface area contributed by atoms with Gasteiger partial charge in [-0.3, -0.25) is 14.8 Å². The molecule has 3 heterocycles. The number of hydrogen-bond donors (Lipinski definition) is 1. The SMILES string of the molecule is Cc1ccc(-c2cc(C(=O)N3CCCC[C@@H]3CCN3CCOCC3)[nH]n2)cc1. The second kappa shape index (κ2) is 8.88. The number of nitrogens with one attached hydrogen (secondary N) is 1. The Morgan fingerprint density at radius 2 is 1.96 bits per heavy atom. The van der Waals surface area contributed by atoms with E-state index in [1.54, 1.807) is 0 Å². The Kier molecular flexibility index (Phi) is 6.07. The molecule has 1 atom stereocenters. The van der Waals surface area contributed by atoms with Gasteiger partial charge in [-0.05, 0) is 38.7 Å². The van der Waals surface area contributed by atoms with Crippen molar-refractivity contribution in [2.45, 2.75) is 38.6 Å². The van der Waals surface area contributed by atoms with Crippen molar-refractivity contribution in [2.75, 3.05) is 39.4 Å². The van der Waals surface area contributed by atoms with Gasteiger partial charge < -0.3 is 9.64 Å². The minimum atomic E-state index is 0.0811. The van der Waals surface area contributed by atoms with Crippen molar-refractivity contribution in [3.8, 4) is 11.3 Å². The van der Waals surface area contributed by atoms with E-state index in [0.29, 0.717) is 11.7 Å². The molecule has 2 saturated heterocycles. The summed E-state index contributed by atoms with van der Waals surface area (Å²) in [6.07, 6.45) is 4.41. The summed E-state index contributed by atoms with van der Waals surface area (Å²) >= 11 is 0. The van der Waals surface area contributed by atoms with Crippen molar-refractivity contribution in [3.05, 3.63) is 41.6 Å². The number of carbonyl (C=O) groups is 1. The standard InChI is InChI=1S/C22H30N4O2/c1-17-5-7-18(8-6-17)20-16-21(24-23-20)22(27)26-10-3-2-4-19(26)9-11-25-12-14-28-15-13-25/h5-8,16,19H,2-4,9-15H2,1H3,(H,23,24)/t19-/m1/s1. The molecule has 0 saturated carbocycles. The van der Waals surface area contributed by atoms with Crippen LogP contribution in [0.4, 0.5) is 0 Å². The number of hydrogen-bond acceptors (Lipinski definition) is 4. The molecule has 2 aliphatic rings. The first-order chi connectivity index (χ1) is 13.7. The quantitative estimate of drug-likeness (QED) is 0.863. The van der Waals surface area contributed by atoms with Crippen molar-refractivity contribution in [3.63, 3.8) is 0 Å². The van der Waals surface area contributed by atoms with Crippen LogP contribution < -0.4 is 0 Å². The number of ether oxygens (including phenoxy) is 1. The predicted molar refractivity (Wildman–Crippen MR) is 109 cm³/mol. The summed E-state index contributed by atoms with van der Waals surface area (Å²) in [6.45, 7) is 7.59. The molecule has 4 rings (SSSR count). The van der Waals surface area contributed by atoms with Crippen molar-refractivity contribution in [1.29, 1.82) is 0 Å². The van der Waals surface area contributed by atoms with Gasteiger partial charge in [0.15, 0.2) is 0 Å². The third-order valence-corrected chi connectivity index (χ3v) is 5.93. The lowest BCUT2D eigenvalue weighted by Crippen LogP contribution is -2.46. The minimum Gasteiger partial charge on any atom is -0.379 e. The maximum absolute atomic E-state index is 13.2.